The lowest BCUT2D eigenvalue weighted by atomic mass is 9.82. The molecule has 2 aromatic carbocycles. The van der Waals surface area contributed by atoms with Crippen LogP contribution in [0, 0.1) is 6.92 Å². The molecular formula is C19H22BrN. The Bertz CT molecular complexity index is 586. The van der Waals surface area contributed by atoms with E-state index in [0.717, 1.165) is 5.92 Å². The van der Waals surface area contributed by atoms with Gasteiger partial charge in [0.1, 0.15) is 0 Å². The summed E-state index contributed by atoms with van der Waals surface area (Å²) in [6.45, 7) is 2.14. The van der Waals surface area contributed by atoms with E-state index < -0.39 is 0 Å². The van der Waals surface area contributed by atoms with Gasteiger partial charge in [0.25, 0.3) is 0 Å². The van der Waals surface area contributed by atoms with E-state index in [2.05, 4.69) is 76.7 Å². The van der Waals surface area contributed by atoms with E-state index in [1.807, 2.05) is 0 Å². The summed E-state index contributed by atoms with van der Waals surface area (Å²) in [6, 6.07) is 18.0. The predicted molar refractivity (Wildman–Crippen MR) is 93.9 cm³/mol. The van der Waals surface area contributed by atoms with Crippen molar-refractivity contribution in [1.82, 2.24) is 0 Å². The molecule has 0 amide bonds. The van der Waals surface area contributed by atoms with Gasteiger partial charge in [0.2, 0.25) is 0 Å². The molecule has 2 heteroatoms. The third kappa shape index (κ3) is 3.49. The molecule has 0 heterocycles. The quantitative estimate of drug-likeness (QED) is 0.731. The minimum absolute atomic E-state index is 0.600. The third-order valence-electron chi connectivity index (χ3n) is 4.55. The lowest BCUT2D eigenvalue weighted by molar-refractivity contribution is 0.412. The summed E-state index contributed by atoms with van der Waals surface area (Å²) in [5.41, 5.74) is 4.03. The van der Waals surface area contributed by atoms with Crippen LogP contribution in [0.5, 0.6) is 0 Å². The maximum Gasteiger partial charge on any atom is 0.0489 e. The van der Waals surface area contributed by atoms with Crippen LogP contribution < -0.4 is 5.32 Å². The molecule has 1 fully saturated rings. The Morgan fingerprint density at radius 2 is 1.62 bits per heavy atom. The van der Waals surface area contributed by atoms with Gasteiger partial charge >= 0.3 is 0 Å². The Labute approximate surface area is 135 Å². The number of hydrogen-bond donors (Lipinski definition) is 1. The lowest BCUT2D eigenvalue weighted by Crippen LogP contribution is -2.25. The van der Waals surface area contributed by atoms with Crippen molar-refractivity contribution in [3.63, 3.8) is 0 Å². The number of halogens is 1. The largest absolute Gasteiger partial charge is 0.381 e. The molecule has 1 saturated carbocycles. The number of nitrogens with one attached hydrogen (secondary N) is 1. The molecule has 110 valence electrons. The topological polar surface area (TPSA) is 12.0 Å². The van der Waals surface area contributed by atoms with Crippen LogP contribution in [0.25, 0.3) is 0 Å². The zero-order valence-corrected chi connectivity index (χ0v) is 14.1. The first-order valence-electron chi connectivity index (χ1n) is 7.80. The third-order valence-corrected chi connectivity index (χ3v) is 5.60. The fourth-order valence-corrected chi connectivity index (χ4v) is 3.65. The molecule has 0 unspecified atom stereocenters. The summed E-state index contributed by atoms with van der Waals surface area (Å²) in [7, 11) is 0. The average Bonchev–Trinajstić information content (AvgIpc) is 2.53. The lowest BCUT2D eigenvalue weighted by Gasteiger charge is -2.30. The summed E-state index contributed by atoms with van der Waals surface area (Å²) in [5, 5.41) is 3.72. The molecule has 1 N–H and O–H groups in total. The van der Waals surface area contributed by atoms with Gasteiger partial charge in [0, 0.05) is 16.2 Å². The molecule has 0 aliphatic heterocycles. The second-order valence-corrected chi connectivity index (χ2v) is 6.83. The fraction of sp³-hybridized carbons (Fsp3) is 0.368. The van der Waals surface area contributed by atoms with Crippen LogP contribution in [0.4, 0.5) is 5.69 Å². The molecule has 0 aromatic heterocycles. The number of hydrogen-bond acceptors (Lipinski definition) is 1. The van der Waals surface area contributed by atoms with Crippen molar-refractivity contribution in [2.45, 2.75) is 44.6 Å². The standard InChI is InChI=1S/C19H22BrN/c1-14-6-5-9-18(19(14)20)21-17-12-10-16(11-13-17)15-7-3-2-4-8-15/h2-9,16-17,21H,10-13H2,1H3. The zero-order chi connectivity index (χ0) is 14.7. The second kappa shape index (κ2) is 6.65. The maximum atomic E-state index is 3.72. The Morgan fingerprint density at radius 1 is 0.905 bits per heavy atom. The molecule has 0 bridgehead atoms. The Hall–Kier alpha value is -1.28. The highest BCUT2D eigenvalue weighted by Gasteiger charge is 2.22. The highest BCUT2D eigenvalue weighted by molar-refractivity contribution is 9.10. The van der Waals surface area contributed by atoms with Crippen molar-refractivity contribution < 1.29 is 0 Å². The Morgan fingerprint density at radius 3 is 2.33 bits per heavy atom. The molecule has 3 rings (SSSR count). The van der Waals surface area contributed by atoms with Crippen molar-refractivity contribution in [2.75, 3.05) is 5.32 Å². The van der Waals surface area contributed by atoms with Gasteiger partial charge in [-0.3, -0.25) is 0 Å². The van der Waals surface area contributed by atoms with E-state index in [0.29, 0.717) is 6.04 Å². The van der Waals surface area contributed by atoms with E-state index >= 15 is 0 Å². The first kappa shape index (κ1) is 14.6. The molecule has 0 atom stereocenters. The van der Waals surface area contributed by atoms with E-state index in [1.54, 1.807) is 0 Å². The van der Waals surface area contributed by atoms with Gasteiger partial charge in [-0.05, 0) is 71.6 Å². The van der Waals surface area contributed by atoms with Gasteiger partial charge in [-0.15, -0.1) is 0 Å². The SMILES string of the molecule is Cc1cccc(NC2CCC(c3ccccc3)CC2)c1Br. The molecule has 21 heavy (non-hydrogen) atoms. The second-order valence-electron chi connectivity index (χ2n) is 6.04. The van der Waals surface area contributed by atoms with Crippen LogP contribution in [0.2, 0.25) is 0 Å². The smallest absolute Gasteiger partial charge is 0.0489 e. The van der Waals surface area contributed by atoms with Gasteiger partial charge in [-0.25, -0.2) is 0 Å². The van der Waals surface area contributed by atoms with Crippen molar-refractivity contribution in [2.24, 2.45) is 0 Å². The first-order valence-corrected chi connectivity index (χ1v) is 8.60. The Balaban J connectivity index is 1.60. The fourth-order valence-electron chi connectivity index (χ4n) is 3.28. The van der Waals surface area contributed by atoms with Crippen molar-refractivity contribution in [1.29, 1.82) is 0 Å². The highest BCUT2D eigenvalue weighted by Crippen LogP contribution is 2.35. The van der Waals surface area contributed by atoms with Crippen molar-refractivity contribution in [3.05, 3.63) is 64.1 Å². The number of benzene rings is 2. The normalized spacial score (nSPS) is 22.0. The van der Waals surface area contributed by atoms with Gasteiger partial charge in [0.15, 0.2) is 0 Å². The molecule has 0 saturated heterocycles. The van der Waals surface area contributed by atoms with E-state index in [1.165, 1.54) is 47.0 Å². The molecule has 0 radical (unpaired) electrons. The predicted octanol–water partition coefficient (Wildman–Crippen LogP) is 5.90. The maximum absolute atomic E-state index is 3.72. The van der Waals surface area contributed by atoms with E-state index in [9.17, 15) is 0 Å². The summed E-state index contributed by atoms with van der Waals surface area (Å²) in [6.07, 6.45) is 5.07. The van der Waals surface area contributed by atoms with Crippen LogP contribution in [-0.4, -0.2) is 6.04 Å². The first-order chi connectivity index (χ1) is 10.2. The number of anilines is 1. The van der Waals surface area contributed by atoms with Crippen LogP contribution >= 0.6 is 15.9 Å². The summed E-state index contributed by atoms with van der Waals surface area (Å²) in [5.74, 6) is 0.741. The molecule has 1 aliphatic rings. The Kier molecular flexibility index (Phi) is 4.64. The monoisotopic (exact) mass is 343 g/mol. The van der Waals surface area contributed by atoms with E-state index in [-0.39, 0.29) is 0 Å². The minimum atomic E-state index is 0.600. The van der Waals surface area contributed by atoms with E-state index in [4.69, 9.17) is 0 Å². The molecule has 2 aromatic rings. The number of aryl methyl sites for hydroxylation is 1. The summed E-state index contributed by atoms with van der Waals surface area (Å²) >= 11 is 3.69. The summed E-state index contributed by atoms with van der Waals surface area (Å²) < 4.78 is 1.20. The van der Waals surface area contributed by atoms with Gasteiger partial charge in [-0.1, -0.05) is 42.5 Å². The highest BCUT2D eigenvalue weighted by atomic mass is 79.9. The minimum Gasteiger partial charge on any atom is -0.381 e. The molecular weight excluding hydrogens is 322 g/mol. The molecule has 1 nitrogen and oxygen atoms in total. The summed E-state index contributed by atoms with van der Waals surface area (Å²) in [4.78, 5) is 0. The van der Waals surface area contributed by atoms with Crippen molar-refractivity contribution >= 4 is 21.6 Å². The average molecular weight is 344 g/mol. The van der Waals surface area contributed by atoms with Gasteiger partial charge in [-0.2, -0.15) is 0 Å². The zero-order valence-electron chi connectivity index (χ0n) is 12.5. The number of rotatable bonds is 3. The van der Waals surface area contributed by atoms with Gasteiger partial charge in [0.05, 0.1) is 0 Å². The van der Waals surface area contributed by atoms with Crippen LogP contribution in [0.1, 0.15) is 42.7 Å². The van der Waals surface area contributed by atoms with Crippen LogP contribution in [-0.2, 0) is 0 Å². The van der Waals surface area contributed by atoms with Crippen molar-refractivity contribution in [3.8, 4) is 0 Å². The van der Waals surface area contributed by atoms with Crippen LogP contribution in [0.15, 0.2) is 53.0 Å². The van der Waals surface area contributed by atoms with Gasteiger partial charge < -0.3 is 5.32 Å². The molecule has 0 spiro atoms. The molecule has 1 aliphatic carbocycles. The van der Waals surface area contributed by atoms with Crippen LogP contribution in [0.3, 0.4) is 0 Å².